The van der Waals surface area contributed by atoms with E-state index in [1.807, 2.05) is 70.3 Å². The maximum Gasteiger partial charge on any atom is 0.193 e. The van der Waals surface area contributed by atoms with Crippen LogP contribution in [0.1, 0.15) is 39.0 Å². The van der Waals surface area contributed by atoms with Gasteiger partial charge in [-0.15, -0.1) is 0 Å². The Morgan fingerprint density at radius 2 is 1.97 bits per heavy atom. The van der Waals surface area contributed by atoms with Crippen LogP contribution in [0.25, 0.3) is 10.9 Å². The molecule has 0 amide bonds. The zero-order chi connectivity index (χ0) is 23.3. The molecule has 3 aromatic rings. The van der Waals surface area contributed by atoms with Gasteiger partial charge >= 0.3 is 0 Å². The molecule has 0 fully saturated rings. The van der Waals surface area contributed by atoms with Crippen molar-refractivity contribution in [2.75, 3.05) is 5.32 Å². The van der Waals surface area contributed by atoms with Crippen LogP contribution in [0.15, 0.2) is 53.0 Å². The Morgan fingerprint density at radius 1 is 1.18 bits per heavy atom. The van der Waals surface area contributed by atoms with Gasteiger partial charge in [-0.3, -0.25) is 19.8 Å². The highest BCUT2D eigenvalue weighted by molar-refractivity contribution is 6.48. The van der Waals surface area contributed by atoms with Crippen molar-refractivity contribution in [3.8, 4) is 0 Å². The summed E-state index contributed by atoms with van der Waals surface area (Å²) in [6, 6.07) is 5.93. The number of nitrogens with zero attached hydrogens (tertiary/aromatic N) is 6. The van der Waals surface area contributed by atoms with Crippen molar-refractivity contribution in [2.45, 2.75) is 39.6 Å². The number of aromatic nitrogens is 4. The zero-order valence-electron chi connectivity index (χ0n) is 19.4. The van der Waals surface area contributed by atoms with E-state index in [1.165, 1.54) is 0 Å². The Kier molecular flexibility index (Phi) is 5.06. The minimum atomic E-state index is -0.986. The van der Waals surface area contributed by atoms with Gasteiger partial charge < -0.3 is 10.4 Å². The first kappa shape index (κ1) is 21.4. The molecule has 5 rings (SSSR count). The first-order valence-corrected chi connectivity index (χ1v) is 11.1. The molecule has 0 radical (unpaired) electrons. The van der Waals surface area contributed by atoms with Gasteiger partial charge in [-0.1, -0.05) is 27.7 Å². The lowest BCUT2D eigenvalue weighted by molar-refractivity contribution is -0.0556. The lowest BCUT2D eigenvalue weighted by Crippen LogP contribution is -2.42. The molecule has 2 aliphatic rings. The van der Waals surface area contributed by atoms with Gasteiger partial charge in [0.15, 0.2) is 12.1 Å². The third-order valence-electron chi connectivity index (χ3n) is 6.37. The molecule has 10 nitrogen and oxygen atoms in total. The molecule has 1 aromatic carbocycles. The summed E-state index contributed by atoms with van der Waals surface area (Å²) in [7, 11) is 1.87. The Morgan fingerprint density at radius 3 is 2.67 bits per heavy atom. The molecule has 172 valence electrons. The highest BCUT2D eigenvalue weighted by atomic mass is 16.3. The van der Waals surface area contributed by atoms with E-state index >= 15 is 0 Å². The van der Waals surface area contributed by atoms with Gasteiger partial charge in [-0.2, -0.15) is 15.6 Å². The summed E-state index contributed by atoms with van der Waals surface area (Å²) in [6.45, 7) is 8.11. The summed E-state index contributed by atoms with van der Waals surface area (Å²) < 4.78 is 1.74. The van der Waals surface area contributed by atoms with E-state index in [-0.39, 0.29) is 18.1 Å². The van der Waals surface area contributed by atoms with Gasteiger partial charge in [-0.25, -0.2) is 4.99 Å². The van der Waals surface area contributed by atoms with Crippen LogP contribution in [0.3, 0.4) is 0 Å². The van der Waals surface area contributed by atoms with E-state index in [0.717, 1.165) is 39.4 Å². The number of hydrogen-bond acceptors (Lipinski definition) is 8. The van der Waals surface area contributed by atoms with Crippen LogP contribution in [0, 0.1) is 11.8 Å². The van der Waals surface area contributed by atoms with Crippen molar-refractivity contribution in [1.29, 1.82) is 0 Å². The Bertz CT molecular complexity index is 1270. The summed E-state index contributed by atoms with van der Waals surface area (Å²) in [5.41, 5.74) is 6.40. The molecule has 2 aliphatic heterocycles. The SMILES string of the molecule is CC(C)C(O)(c1[nH]nc2cc(NC3N=C4C(c5cnn(C)c5)=NC=CN4N3)ccc12)C(C)C. The van der Waals surface area contributed by atoms with Gasteiger partial charge in [0.2, 0.25) is 0 Å². The van der Waals surface area contributed by atoms with Crippen LogP contribution >= 0.6 is 0 Å². The molecule has 1 unspecified atom stereocenters. The Labute approximate surface area is 192 Å². The summed E-state index contributed by atoms with van der Waals surface area (Å²) in [6.07, 6.45) is 6.89. The Balaban J connectivity index is 1.40. The molecular formula is C23H29N9O. The number of anilines is 1. The highest BCUT2D eigenvalue weighted by Crippen LogP contribution is 2.39. The van der Waals surface area contributed by atoms with E-state index in [9.17, 15) is 5.11 Å². The number of benzene rings is 1. The maximum absolute atomic E-state index is 11.4. The predicted octanol–water partition coefficient (Wildman–Crippen LogP) is 2.68. The molecule has 10 heteroatoms. The van der Waals surface area contributed by atoms with E-state index in [2.05, 4.69) is 31.0 Å². The summed E-state index contributed by atoms with van der Waals surface area (Å²) in [5.74, 6) is 0.808. The van der Waals surface area contributed by atoms with Crippen LogP contribution in [0.5, 0.6) is 0 Å². The fourth-order valence-corrected chi connectivity index (χ4v) is 4.55. The molecule has 0 saturated heterocycles. The number of fused-ring (bicyclic) bond motifs is 2. The fraction of sp³-hybridized carbons (Fsp3) is 0.391. The second kappa shape index (κ2) is 7.82. The average molecular weight is 448 g/mol. The predicted molar refractivity (Wildman–Crippen MR) is 128 cm³/mol. The molecule has 4 heterocycles. The number of aromatic amines is 1. The van der Waals surface area contributed by atoms with Crippen LogP contribution in [0.2, 0.25) is 0 Å². The van der Waals surface area contributed by atoms with Crippen molar-refractivity contribution in [3.63, 3.8) is 0 Å². The monoisotopic (exact) mass is 447 g/mol. The highest BCUT2D eigenvalue weighted by Gasteiger charge is 2.39. The number of hydrogen-bond donors (Lipinski definition) is 4. The Hall–Kier alpha value is -3.50. The number of H-pyrrole nitrogens is 1. The molecule has 4 N–H and O–H groups in total. The topological polar surface area (TPSA) is 119 Å². The molecule has 0 bridgehead atoms. The van der Waals surface area contributed by atoms with E-state index in [1.54, 1.807) is 17.1 Å². The van der Waals surface area contributed by atoms with Crippen molar-refractivity contribution in [3.05, 3.63) is 54.3 Å². The third-order valence-corrected chi connectivity index (χ3v) is 6.37. The summed E-state index contributed by atoms with van der Waals surface area (Å²) in [4.78, 5) is 9.27. The second-order valence-corrected chi connectivity index (χ2v) is 9.14. The van der Waals surface area contributed by atoms with Gasteiger partial charge in [-0.05, 0) is 30.0 Å². The zero-order valence-corrected chi connectivity index (χ0v) is 19.4. The molecule has 33 heavy (non-hydrogen) atoms. The molecule has 2 aromatic heterocycles. The lowest BCUT2D eigenvalue weighted by atomic mass is 9.77. The van der Waals surface area contributed by atoms with Crippen molar-refractivity contribution < 1.29 is 5.11 Å². The first-order valence-electron chi connectivity index (χ1n) is 11.1. The van der Waals surface area contributed by atoms with Crippen LogP contribution < -0.4 is 10.7 Å². The first-order chi connectivity index (χ1) is 15.8. The molecular weight excluding hydrogens is 418 g/mol. The average Bonchev–Trinajstić information content (AvgIpc) is 3.50. The minimum absolute atomic E-state index is 0.0404. The van der Waals surface area contributed by atoms with Crippen LogP contribution in [-0.2, 0) is 12.6 Å². The number of aryl methyl sites for hydroxylation is 1. The maximum atomic E-state index is 11.4. The number of amidine groups is 1. The lowest BCUT2D eigenvalue weighted by Gasteiger charge is -2.35. The van der Waals surface area contributed by atoms with Gasteiger partial charge in [0.05, 0.1) is 17.4 Å². The number of aliphatic hydroxyl groups is 1. The molecule has 0 spiro atoms. The van der Waals surface area contributed by atoms with Crippen molar-refractivity contribution >= 4 is 28.1 Å². The minimum Gasteiger partial charge on any atom is -0.383 e. The third kappa shape index (κ3) is 3.51. The van der Waals surface area contributed by atoms with Gasteiger partial charge in [0.25, 0.3) is 0 Å². The van der Waals surface area contributed by atoms with Crippen LogP contribution in [-0.4, -0.2) is 47.9 Å². The van der Waals surface area contributed by atoms with E-state index in [4.69, 9.17) is 4.99 Å². The van der Waals surface area contributed by atoms with Crippen molar-refractivity contribution in [2.24, 2.45) is 28.9 Å². The normalized spacial score (nSPS) is 18.3. The number of hydrazine groups is 1. The van der Waals surface area contributed by atoms with Crippen molar-refractivity contribution in [1.82, 2.24) is 30.4 Å². The standard InChI is InChI=1S/C23H29N9O/c1-13(2)23(33,14(3)4)20-17-7-6-16(10-18(17)28-29-20)26-22-27-21-19(15-11-25-31(5)12-15)24-8-9-32(21)30-22/h6-14,22,26,30,33H,1-5H3,(H,28,29). The molecule has 0 saturated carbocycles. The summed E-state index contributed by atoms with van der Waals surface area (Å²) in [5, 5.41) is 29.4. The van der Waals surface area contributed by atoms with Gasteiger partial charge in [0.1, 0.15) is 11.3 Å². The number of aliphatic imine (C=N–C) groups is 2. The second-order valence-electron chi connectivity index (χ2n) is 9.14. The number of nitrogens with one attached hydrogen (secondary N) is 3. The fourth-order valence-electron chi connectivity index (χ4n) is 4.55. The van der Waals surface area contributed by atoms with Crippen LogP contribution in [0.4, 0.5) is 5.69 Å². The van der Waals surface area contributed by atoms with E-state index in [0.29, 0.717) is 0 Å². The summed E-state index contributed by atoms with van der Waals surface area (Å²) >= 11 is 0. The quantitative estimate of drug-likeness (QED) is 0.461. The number of rotatable bonds is 6. The largest absolute Gasteiger partial charge is 0.383 e. The smallest absolute Gasteiger partial charge is 0.193 e. The molecule has 0 aliphatic carbocycles. The van der Waals surface area contributed by atoms with E-state index < -0.39 is 5.60 Å². The van der Waals surface area contributed by atoms with Gasteiger partial charge in [0, 0.05) is 42.3 Å². The molecule has 1 atom stereocenters.